The SMILES string of the molecule is C=CC(=O)Nc1cc(Nc2nc(-c3ccnc(N4CCn5c(cc6c5CC(C)(C)C6)C4=O)c3CO)cn(C)c2=O)ccc1N1CCN(C2CCN(c3ccnc(C4CCC(C)(O)CC4)c3)[C@H](C)C2)C[C@@H]1C. The van der Waals surface area contributed by atoms with Gasteiger partial charge in [0.15, 0.2) is 5.82 Å². The van der Waals surface area contributed by atoms with Crippen LogP contribution in [0.5, 0.6) is 0 Å². The number of pyridine rings is 2. The molecule has 3 aliphatic heterocycles. The molecule has 4 aromatic heterocycles. The molecule has 2 amide bonds. The Labute approximate surface area is 416 Å². The number of hydrogen-bond donors (Lipinski definition) is 4. The molecule has 71 heavy (non-hydrogen) atoms. The van der Waals surface area contributed by atoms with Gasteiger partial charge in [-0.3, -0.25) is 29.2 Å². The Kier molecular flexibility index (Phi) is 12.9. The number of hydrogen-bond acceptors (Lipinski definition) is 12. The molecule has 7 heterocycles. The van der Waals surface area contributed by atoms with Crippen LogP contribution in [-0.2, 0) is 37.8 Å². The molecule has 1 unspecified atom stereocenters. The lowest BCUT2D eigenvalue weighted by atomic mass is 9.78. The second-order valence-electron chi connectivity index (χ2n) is 21.9. The van der Waals surface area contributed by atoms with Crippen molar-refractivity contribution in [3.8, 4) is 11.3 Å². The molecule has 3 fully saturated rings. The summed E-state index contributed by atoms with van der Waals surface area (Å²) in [6.07, 6.45) is 14.0. The molecule has 16 nitrogen and oxygen atoms in total. The minimum Gasteiger partial charge on any atom is -0.392 e. The van der Waals surface area contributed by atoms with Crippen LogP contribution in [0.3, 0.4) is 0 Å². The van der Waals surface area contributed by atoms with Crippen molar-refractivity contribution in [2.45, 2.75) is 129 Å². The molecule has 1 saturated carbocycles. The molecule has 5 aromatic rings. The third-order valence-corrected chi connectivity index (χ3v) is 16.0. The largest absolute Gasteiger partial charge is 0.392 e. The lowest BCUT2D eigenvalue weighted by molar-refractivity contribution is -0.111. The first-order chi connectivity index (χ1) is 34.0. The number of benzene rings is 1. The van der Waals surface area contributed by atoms with Crippen molar-refractivity contribution in [3.63, 3.8) is 0 Å². The van der Waals surface area contributed by atoms with E-state index in [-0.39, 0.29) is 34.6 Å². The van der Waals surface area contributed by atoms with Gasteiger partial charge in [0.05, 0.1) is 29.3 Å². The van der Waals surface area contributed by atoms with Crippen molar-refractivity contribution in [2.24, 2.45) is 12.5 Å². The number of aliphatic hydroxyl groups excluding tert-OH is 1. The Bertz CT molecular complexity index is 2930. The molecule has 2 saturated heterocycles. The minimum atomic E-state index is -0.566. The summed E-state index contributed by atoms with van der Waals surface area (Å²) in [7, 11) is 1.65. The van der Waals surface area contributed by atoms with Gasteiger partial charge < -0.3 is 39.8 Å². The van der Waals surface area contributed by atoms with Gasteiger partial charge in [0.25, 0.3) is 11.5 Å². The van der Waals surface area contributed by atoms with Gasteiger partial charge in [-0.1, -0.05) is 20.4 Å². The van der Waals surface area contributed by atoms with Gasteiger partial charge in [-0.25, -0.2) is 9.97 Å². The van der Waals surface area contributed by atoms with Gasteiger partial charge in [0.1, 0.15) is 11.5 Å². The van der Waals surface area contributed by atoms with E-state index in [1.165, 1.54) is 27.6 Å². The molecule has 374 valence electrons. The number of aliphatic hydroxyl groups is 2. The molecule has 10 rings (SSSR count). The van der Waals surface area contributed by atoms with E-state index in [1.807, 2.05) is 37.4 Å². The standard InChI is InChI=1S/C55H69N11O5/c1-8-49(68)59-44-27-38(9-10-46(44)64-22-21-62(31-35(64)3)39-15-20-63(34(2)25-39)40-13-18-56-43(28-40)36-11-16-55(6,71)17-12-36)58-50-53(70)61(7)32-45(60-50)41-14-19-57-51(42(41)33-67)66-24-23-65-47(52(66)69)26-37-29-54(4,5)30-48(37)65/h8-10,13-14,18-19,26-28,32,34-36,39,67,71H,1,11-12,15-17,20-25,29-31,33H2,2-7H3,(H,58,60)(H,59,68)/t34-,35+,36?,39?,55?/m1/s1. The highest BCUT2D eigenvalue weighted by molar-refractivity contribution is 6.06. The molecule has 0 radical (unpaired) electrons. The van der Waals surface area contributed by atoms with Gasteiger partial charge in [0.2, 0.25) is 5.91 Å². The Morgan fingerprint density at radius 2 is 1.70 bits per heavy atom. The number of piperidine rings is 1. The van der Waals surface area contributed by atoms with Crippen LogP contribution in [0.15, 0.2) is 78.5 Å². The number of nitrogens with zero attached hydrogens (tertiary/aromatic N) is 9. The highest BCUT2D eigenvalue weighted by Gasteiger charge is 2.39. The third-order valence-electron chi connectivity index (χ3n) is 16.0. The van der Waals surface area contributed by atoms with E-state index < -0.39 is 12.2 Å². The van der Waals surface area contributed by atoms with E-state index in [9.17, 15) is 24.6 Å². The molecule has 16 heteroatoms. The van der Waals surface area contributed by atoms with Gasteiger partial charge in [-0.2, -0.15) is 0 Å². The zero-order valence-corrected chi connectivity index (χ0v) is 42.1. The molecule has 4 N–H and O–H groups in total. The van der Waals surface area contributed by atoms with Crippen molar-refractivity contribution in [2.75, 3.05) is 58.1 Å². The Morgan fingerprint density at radius 3 is 2.45 bits per heavy atom. The highest BCUT2D eigenvalue weighted by atomic mass is 16.3. The maximum Gasteiger partial charge on any atom is 0.293 e. The number of anilines is 6. The quantitative estimate of drug-likeness (QED) is 0.0985. The van der Waals surface area contributed by atoms with Gasteiger partial charge in [-0.15, -0.1) is 0 Å². The zero-order valence-electron chi connectivity index (χ0n) is 42.1. The second kappa shape index (κ2) is 19.0. The Morgan fingerprint density at radius 1 is 0.915 bits per heavy atom. The summed E-state index contributed by atoms with van der Waals surface area (Å²) in [5.74, 6) is 0.297. The molecular weight excluding hydrogens is 895 g/mol. The van der Waals surface area contributed by atoms with E-state index >= 15 is 0 Å². The van der Waals surface area contributed by atoms with E-state index in [1.54, 1.807) is 30.4 Å². The van der Waals surface area contributed by atoms with Crippen molar-refractivity contribution in [1.82, 2.24) is 29.0 Å². The first kappa shape index (κ1) is 48.3. The van der Waals surface area contributed by atoms with E-state index in [0.717, 1.165) is 88.9 Å². The topological polar surface area (TPSA) is 177 Å². The van der Waals surface area contributed by atoms with Crippen LogP contribution in [0.1, 0.15) is 112 Å². The van der Waals surface area contributed by atoms with Crippen molar-refractivity contribution < 1.29 is 19.8 Å². The number of rotatable bonds is 11. The van der Waals surface area contributed by atoms with E-state index in [2.05, 4.69) is 81.3 Å². The van der Waals surface area contributed by atoms with Crippen LogP contribution in [0.25, 0.3) is 11.3 Å². The number of carbonyl (C=O) groups excluding carboxylic acids is 2. The first-order valence-corrected chi connectivity index (χ1v) is 25.5. The van der Waals surface area contributed by atoms with Crippen LogP contribution in [0.4, 0.5) is 34.4 Å². The lowest BCUT2D eigenvalue weighted by Crippen LogP contribution is -2.58. The smallest absolute Gasteiger partial charge is 0.293 e. The fourth-order valence-electron chi connectivity index (χ4n) is 12.2. The molecule has 2 aliphatic carbocycles. The number of piperazine rings is 1. The summed E-state index contributed by atoms with van der Waals surface area (Å²) in [6, 6.07) is 14.8. The number of fused-ring (bicyclic) bond motifs is 3. The zero-order chi connectivity index (χ0) is 49.9. The summed E-state index contributed by atoms with van der Waals surface area (Å²) < 4.78 is 3.59. The fraction of sp³-hybridized carbons (Fsp3) is 0.491. The molecular formula is C55H69N11O5. The predicted molar refractivity (Wildman–Crippen MR) is 279 cm³/mol. The van der Waals surface area contributed by atoms with Gasteiger partial charge in [0, 0.05) is 123 Å². The van der Waals surface area contributed by atoms with Crippen LogP contribution in [0, 0.1) is 5.41 Å². The third kappa shape index (κ3) is 9.49. The number of carbonyl (C=O) groups is 2. The number of nitrogens with one attached hydrogen (secondary N) is 2. The Hall–Kier alpha value is -6.36. The second-order valence-corrected chi connectivity index (χ2v) is 21.9. The lowest BCUT2D eigenvalue weighted by Gasteiger charge is -2.48. The number of aromatic nitrogens is 5. The van der Waals surface area contributed by atoms with Crippen LogP contribution >= 0.6 is 0 Å². The summed E-state index contributed by atoms with van der Waals surface area (Å²) in [5.41, 5.74) is 8.09. The molecule has 1 aromatic carbocycles. The Balaban J connectivity index is 0.835. The maximum absolute atomic E-state index is 14.1. The summed E-state index contributed by atoms with van der Waals surface area (Å²) >= 11 is 0. The fourth-order valence-corrected chi connectivity index (χ4v) is 12.2. The molecule has 0 bridgehead atoms. The van der Waals surface area contributed by atoms with Crippen molar-refractivity contribution in [3.05, 3.63) is 112 Å². The predicted octanol–water partition coefficient (Wildman–Crippen LogP) is 7.16. The normalized spacial score (nSPS) is 24.4. The minimum absolute atomic E-state index is 0.0522. The van der Waals surface area contributed by atoms with Gasteiger partial charge >= 0.3 is 0 Å². The van der Waals surface area contributed by atoms with E-state index in [0.29, 0.717) is 70.8 Å². The summed E-state index contributed by atoms with van der Waals surface area (Å²) in [5, 5.41) is 27.6. The number of amides is 2. The average Bonchev–Trinajstić information content (AvgIpc) is 3.84. The van der Waals surface area contributed by atoms with Crippen molar-refractivity contribution >= 4 is 46.2 Å². The maximum atomic E-state index is 14.1. The van der Waals surface area contributed by atoms with Crippen molar-refractivity contribution in [1.29, 1.82) is 0 Å². The van der Waals surface area contributed by atoms with E-state index in [4.69, 9.17) is 9.97 Å². The monoisotopic (exact) mass is 964 g/mol. The average molecular weight is 964 g/mol. The number of aryl methyl sites for hydroxylation is 1. The summed E-state index contributed by atoms with van der Waals surface area (Å²) in [6.45, 7) is 18.8. The highest BCUT2D eigenvalue weighted by Crippen LogP contribution is 2.42. The first-order valence-electron chi connectivity index (χ1n) is 25.5. The van der Waals surface area contributed by atoms with Crippen LogP contribution in [0.2, 0.25) is 0 Å². The van der Waals surface area contributed by atoms with Crippen LogP contribution in [-0.4, -0.2) is 107 Å². The molecule has 5 aliphatic rings. The van der Waals surface area contributed by atoms with Crippen LogP contribution < -0.4 is 30.9 Å². The molecule has 0 spiro atoms. The summed E-state index contributed by atoms with van der Waals surface area (Å²) in [4.78, 5) is 64.1. The molecule has 3 atom stereocenters. The van der Waals surface area contributed by atoms with Gasteiger partial charge in [-0.05, 0) is 132 Å².